The second-order valence-electron chi connectivity index (χ2n) is 5.32. The van der Waals surface area contributed by atoms with Crippen LogP contribution in [0.4, 0.5) is 0 Å². The zero-order valence-electron chi connectivity index (χ0n) is 14.5. The van der Waals surface area contributed by atoms with E-state index in [0.717, 1.165) is 6.42 Å². The summed E-state index contributed by atoms with van der Waals surface area (Å²) in [6.45, 7) is 4.94. The van der Waals surface area contributed by atoms with Crippen molar-refractivity contribution in [3.8, 4) is 17.6 Å². The smallest absolute Gasteiger partial charge is 0.203 e. The first-order valence-corrected chi connectivity index (χ1v) is 8.31. The number of hydrogen-bond donors (Lipinski definition) is 0. The predicted octanol–water partition coefficient (Wildman–Crippen LogP) is 4.66. The lowest BCUT2D eigenvalue weighted by molar-refractivity contribution is 0.104. The van der Waals surface area contributed by atoms with Crippen molar-refractivity contribution in [2.45, 2.75) is 20.3 Å². The standard InChI is InChI=1S/C21H21NO3/c1-3-13-25-21-17(11-8-12-19(21)24-4-2)14-18(15-22)20(23)16-9-6-5-7-10-16/h5-12,14H,3-4,13H2,1-2H3/b18-14+. The number of rotatable bonds is 8. The highest BCUT2D eigenvalue weighted by molar-refractivity contribution is 6.14. The largest absolute Gasteiger partial charge is 0.490 e. The van der Waals surface area contributed by atoms with Gasteiger partial charge in [0.1, 0.15) is 11.6 Å². The lowest BCUT2D eigenvalue weighted by atomic mass is 10.0. The zero-order valence-corrected chi connectivity index (χ0v) is 14.5. The molecule has 0 saturated carbocycles. The summed E-state index contributed by atoms with van der Waals surface area (Å²) in [5, 5.41) is 9.45. The third kappa shape index (κ3) is 4.71. The van der Waals surface area contributed by atoms with Crippen LogP contribution in [-0.4, -0.2) is 19.0 Å². The summed E-state index contributed by atoms with van der Waals surface area (Å²) in [4.78, 5) is 12.6. The van der Waals surface area contributed by atoms with Gasteiger partial charge < -0.3 is 9.47 Å². The Morgan fingerprint density at radius 3 is 2.48 bits per heavy atom. The van der Waals surface area contributed by atoms with Crippen LogP contribution in [0.25, 0.3) is 6.08 Å². The van der Waals surface area contributed by atoms with E-state index in [2.05, 4.69) is 0 Å². The number of benzene rings is 2. The number of ether oxygens (including phenoxy) is 2. The fourth-order valence-electron chi connectivity index (χ4n) is 2.32. The van der Waals surface area contributed by atoms with E-state index in [1.807, 2.05) is 44.2 Å². The monoisotopic (exact) mass is 335 g/mol. The molecule has 128 valence electrons. The van der Waals surface area contributed by atoms with Crippen molar-refractivity contribution in [1.82, 2.24) is 0 Å². The number of ketones is 1. The van der Waals surface area contributed by atoms with Gasteiger partial charge in [0, 0.05) is 11.1 Å². The van der Waals surface area contributed by atoms with Crippen LogP contribution < -0.4 is 9.47 Å². The molecule has 0 aliphatic heterocycles. The molecule has 0 aliphatic carbocycles. The van der Waals surface area contributed by atoms with Crippen molar-refractivity contribution < 1.29 is 14.3 Å². The Morgan fingerprint density at radius 1 is 1.08 bits per heavy atom. The number of para-hydroxylation sites is 1. The topological polar surface area (TPSA) is 59.3 Å². The average molecular weight is 335 g/mol. The fourth-order valence-corrected chi connectivity index (χ4v) is 2.32. The number of Topliss-reactive ketones (excluding diaryl/α,β-unsaturated/α-hetero) is 1. The molecule has 2 rings (SSSR count). The summed E-state index contributed by atoms with van der Waals surface area (Å²) in [5.74, 6) is 0.848. The highest BCUT2D eigenvalue weighted by Gasteiger charge is 2.15. The van der Waals surface area contributed by atoms with Crippen LogP contribution in [0.5, 0.6) is 11.5 Å². The van der Waals surface area contributed by atoms with Gasteiger partial charge in [0.15, 0.2) is 11.5 Å². The molecular formula is C21H21NO3. The van der Waals surface area contributed by atoms with Gasteiger partial charge in [0.25, 0.3) is 0 Å². The Bertz CT molecular complexity index is 789. The van der Waals surface area contributed by atoms with Crippen molar-refractivity contribution >= 4 is 11.9 Å². The molecule has 4 heteroatoms. The first-order valence-electron chi connectivity index (χ1n) is 8.31. The van der Waals surface area contributed by atoms with Crippen LogP contribution in [0.2, 0.25) is 0 Å². The molecule has 0 saturated heterocycles. The first-order chi connectivity index (χ1) is 12.2. The van der Waals surface area contributed by atoms with Crippen LogP contribution in [-0.2, 0) is 0 Å². The molecular weight excluding hydrogens is 314 g/mol. The van der Waals surface area contributed by atoms with E-state index in [4.69, 9.17) is 9.47 Å². The minimum Gasteiger partial charge on any atom is -0.490 e. The number of carbonyl (C=O) groups is 1. The van der Waals surface area contributed by atoms with Gasteiger partial charge >= 0.3 is 0 Å². The lowest BCUT2D eigenvalue weighted by Crippen LogP contribution is -2.04. The minimum absolute atomic E-state index is 0.0567. The van der Waals surface area contributed by atoms with Gasteiger partial charge in [-0.15, -0.1) is 0 Å². The maximum absolute atomic E-state index is 12.6. The molecule has 0 unspecified atom stereocenters. The van der Waals surface area contributed by atoms with Gasteiger partial charge in [-0.1, -0.05) is 49.4 Å². The third-order valence-electron chi connectivity index (χ3n) is 3.46. The van der Waals surface area contributed by atoms with Crippen molar-refractivity contribution in [2.24, 2.45) is 0 Å². The summed E-state index contributed by atoms with van der Waals surface area (Å²) in [6.07, 6.45) is 2.40. The van der Waals surface area contributed by atoms with Gasteiger partial charge in [-0.05, 0) is 25.5 Å². The van der Waals surface area contributed by atoms with Crippen molar-refractivity contribution in [3.63, 3.8) is 0 Å². The summed E-state index contributed by atoms with van der Waals surface area (Å²) in [6, 6.07) is 16.2. The van der Waals surface area contributed by atoms with Crippen molar-refractivity contribution in [2.75, 3.05) is 13.2 Å². The van der Waals surface area contributed by atoms with Gasteiger partial charge in [-0.2, -0.15) is 5.26 Å². The minimum atomic E-state index is -0.314. The number of carbonyl (C=O) groups excluding carboxylic acids is 1. The first kappa shape index (κ1) is 18.3. The predicted molar refractivity (Wildman–Crippen MR) is 97.8 cm³/mol. The molecule has 0 atom stereocenters. The van der Waals surface area contributed by atoms with E-state index in [1.54, 1.807) is 30.3 Å². The normalized spacial score (nSPS) is 10.8. The highest BCUT2D eigenvalue weighted by atomic mass is 16.5. The van der Waals surface area contributed by atoms with E-state index in [-0.39, 0.29) is 11.4 Å². The second kappa shape index (κ2) is 9.29. The molecule has 4 nitrogen and oxygen atoms in total. The van der Waals surface area contributed by atoms with E-state index in [0.29, 0.717) is 35.8 Å². The average Bonchev–Trinajstić information content (AvgIpc) is 2.65. The van der Waals surface area contributed by atoms with Crippen molar-refractivity contribution in [3.05, 3.63) is 65.2 Å². The van der Waals surface area contributed by atoms with Gasteiger partial charge in [0.2, 0.25) is 5.78 Å². The fraction of sp³-hybridized carbons (Fsp3) is 0.238. The maximum atomic E-state index is 12.6. The Balaban J connectivity index is 2.44. The third-order valence-corrected chi connectivity index (χ3v) is 3.46. The Labute approximate surface area is 148 Å². The molecule has 0 heterocycles. The van der Waals surface area contributed by atoms with E-state index >= 15 is 0 Å². The molecule has 0 N–H and O–H groups in total. The quantitative estimate of drug-likeness (QED) is 0.400. The highest BCUT2D eigenvalue weighted by Crippen LogP contribution is 2.33. The molecule has 2 aromatic rings. The van der Waals surface area contributed by atoms with E-state index in [9.17, 15) is 10.1 Å². The Kier molecular flexibility index (Phi) is 6.79. The van der Waals surface area contributed by atoms with E-state index in [1.165, 1.54) is 0 Å². The van der Waals surface area contributed by atoms with Crippen LogP contribution >= 0.6 is 0 Å². The van der Waals surface area contributed by atoms with Gasteiger partial charge in [-0.3, -0.25) is 4.79 Å². The summed E-state index contributed by atoms with van der Waals surface area (Å²) < 4.78 is 11.4. The lowest BCUT2D eigenvalue weighted by Gasteiger charge is -2.14. The van der Waals surface area contributed by atoms with Gasteiger partial charge in [0.05, 0.1) is 13.2 Å². The Morgan fingerprint density at radius 2 is 1.84 bits per heavy atom. The summed E-state index contributed by atoms with van der Waals surface area (Å²) in [5.41, 5.74) is 1.19. The molecule has 25 heavy (non-hydrogen) atoms. The molecule has 2 aromatic carbocycles. The molecule has 0 aromatic heterocycles. The van der Waals surface area contributed by atoms with Crippen LogP contribution in [0.1, 0.15) is 36.2 Å². The molecule has 0 aliphatic rings. The second-order valence-corrected chi connectivity index (χ2v) is 5.32. The zero-order chi connectivity index (χ0) is 18.1. The number of nitrogens with zero attached hydrogens (tertiary/aromatic N) is 1. The molecule has 0 fully saturated rings. The number of hydrogen-bond acceptors (Lipinski definition) is 4. The Hall–Kier alpha value is -3.06. The van der Waals surface area contributed by atoms with Crippen LogP contribution in [0, 0.1) is 11.3 Å². The molecule has 0 bridgehead atoms. The molecule has 0 radical (unpaired) electrons. The van der Waals surface area contributed by atoms with Crippen molar-refractivity contribution in [1.29, 1.82) is 5.26 Å². The van der Waals surface area contributed by atoms with Gasteiger partial charge in [-0.25, -0.2) is 0 Å². The number of allylic oxidation sites excluding steroid dienone is 1. The summed E-state index contributed by atoms with van der Waals surface area (Å²) in [7, 11) is 0. The molecule has 0 spiro atoms. The van der Waals surface area contributed by atoms with E-state index < -0.39 is 0 Å². The summed E-state index contributed by atoms with van der Waals surface area (Å²) >= 11 is 0. The number of nitriles is 1. The SMILES string of the molecule is CCCOc1c(/C=C(\C#N)C(=O)c2ccccc2)cccc1OCC. The van der Waals surface area contributed by atoms with Crippen LogP contribution in [0.15, 0.2) is 54.1 Å². The maximum Gasteiger partial charge on any atom is 0.203 e. The molecule has 0 amide bonds. The van der Waals surface area contributed by atoms with Crippen LogP contribution in [0.3, 0.4) is 0 Å².